The second-order valence-electron chi connectivity index (χ2n) is 12.6. The molecule has 0 aliphatic rings. The number of para-hydroxylation sites is 6. The molecule has 10 rings (SSSR count). The minimum Gasteiger partial charge on any atom is -0.309 e. The number of hydrogen-bond donors (Lipinski definition) is 0. The molecule has 0 N–H and O–H groups in total. The fraction of sp³-hybridized carbons (Fsp3) is 0. The first-order valence-electron chi connectivity index (χ1n) is 16.9. The van der Waals surface area contributed by atoms with Gasteiger partial charge in [-0.3, -0.25) is 0 Å². The van der Waals surface area contributed by atoms with Crippen LogP contribution in [0, 0.1) is 0 Å². The van der Waals surface area contributed by atoms with Crippen molar-refractivity contribution in [1.82, 2.24) is 19.1 Å². The molecule has 0 aliphatic carbocycles. The SMILES string of the molecule is c1ccc(-c2ncc(-c3ccccc3-n3c4ccccc4c4ccccc43)c(-c3ccccc3-n3c4ccccc4c4ccccc43)n2)cc1. The molecule has 50 heavy (non-hydrogen) atoms. The van der Waals surface area contributed by atoms with Crippen LogP contribution in [0.4, 0.5) is 0 Å². The van der Waals surface area contributed by atoms with E-state index in [1.807, 2.05) is 24.4 Å². The van der Waals surface area contributed by atoms with Crippen molar-refractivity contribution in [2.45, 2.75) is 0 Å². The van der Waals surface area contributed by atoms with Crippen molar-refractivity contribution in [1.29, 1.82) is 0 Å². The average molecular weight is 639 g/mol. The Morgan fingerprint density at radius 2 is 0.740 bits per heavy atom. The minimum atomic E-state index is 0.690. The predicted molar refractivity (Wildman–Crippen MR) is 207 cm³/mol. The number of fused-ring (bicyclic) bond motifs is 6. The lowest BCUT2D eigenvalue weighted by Gasteiger charge is -2.19. The summed E-state index contributed by atoms with van der Waals surface area (Å²) >= 11 is 0. The molecule has 3 heterocycles. The maximum atomic E-state index is 5.43. The van der Waals surface area contributed by atoms with Gasteiger partial charge in [-0.15, -0.1) is 0 Å². The molecule has 0 amide bonds. The van der Waals surface area contributed by atoms with E-state index in [2.05, 4.69) is 167 Å². The van der Waals surface area contributed by atoms with E-state index >= 15 is 0 Å². The monoisotopic (exact) mass is 638 g/mol. The third kappa shape index (κ3) is 4.32. The van der Waals surface area contributed by atoms with Crippen LogP contribution in [0.15, 0.2) is 182 Å². The van der Waals surface area contributed by atoms with Crippen molar-refractivity contribution in [2.24, 2.45) is 0 Å². The molecule has 0 aliphatic heterocycles. The molecule has 0 radical (unpaired) electrons. The summed E-state index contributed by atoms with van der Waals surface area (Å²) in [6.45, 7) is 0. The quantitative estimate of drug-likeness (QED) is 0.188. The lowest BCUT2D eigenvalue weighted by atomic mass is 9.97. The third-order valence-corrected chi connectivity index (χ3v) is 9.82. The summed E-state index contributed by atoms with van der Waals surface area (Å²) in [7, 11) is 0. The Kier molecular flexibility index (Phi) is 6.46. The van der Waals surface area contributed by atoms with Crippen molar-refractivity contribution in [3.05, 3.63) is 182 Å². The summed E-state index contributed by atoms with van der Waals surface area (Å²) in [6.07, 6.45) is 2.01. The number of nitrogens with zero attached hydrogens (tertiary/aromatic N) is 4. The van der Waals surface area contributed by atoms with E-state index in [1.165, 1.54) is 21.5 Å². The van der Waals surface area contributed by atoms with Crippen LogP contribution in [-0.4, -0.2) is 19.1 Å². The first-order chi connectivity index (χ1) is 24.8. The lowest BCUT2D eigenvalue weighted by molar-refractivity contribution is 1.14. The normalized spacial score (nSPS) is 11.6. The van der Waals surface area contributed by atoms with Crippen LogP contribution in [0.5, 0.6) is 0 Å². The molecule has 4 heteroatoms. The Morgan fingerprint density at radius 1 is 0.340 bits per heavy atom. The summed E-state index contributed by atoms with van der Waals surface area (Å²) in [5, 5.41) is 4.90. The zero-order valence-corrected chi connectivity index (χ0v) is 27.1. The van der Waals surface area contributed by atoms with Gasteiger partial charge in [0, 0.05) is 50.0 Å². The van der Waals surface area contributed by atoms with Gasteiger partial charge in [-0.1, -0.05) is 140 Å². The zero-order chi connectivity index (χ0) is 33.0. The molecule has 0 unspecified atom stereocenters. The molecule has 7 aromatic carbocycles. The van der Waals surface area contributed by atoms with E-state index in [1.54, 1.807) is 0 Å². The van der Waals surface area contributed by atoms with Gasteiger partial charge < -0.3 is 9.13 Å². The van der Waals surface area contributed by atoms with Gasteiger partial charge in [0.15, 0.2) is 5.82 Å². The Bertz CT molecular complexity index is 2770. The molecular formula is C46H30N4. The summed E-state index contributed by atoms with van der Waals surface area (Å²) in [5.41, 5.74) is 11.7. The standard InChI is InChI=1S/C46H30N4/c1-2-16-31(17-3-1)46-47-30-38(36-22-8-14-28-43(36)49-39-24-10-4-18-32(39)33-19-5-11-25-40(33)49)45(48-46)37-23-9-15-29-44(37)50-41-26-12-6-20-34(41)35-21-7-13-27-42(35)50/h1-30H. The topological polar surface area (TPSA) is 35.6 Å². The summed E-state index contributed by atoms with van der Waals surface area (Å²) < 4.78 is 4.76. The highest BCUT2D eigenvalue weighted by molar-refractivity contribution is 6.11. The van der Waals surface area contributed by atoms with Crippen molar-refractivity contribution < 1.29 is 0 Å². The second kappa shape index (κ2) is 11.4. The Morgan fingerprint density at radius 3 is 1.26 bits per heavy atom. The Balaban J connectivity index is 1.29. The Labute approximate surface area is 289 Å². The lowest BCUT2D eigenvalue weighted by Crippen LogP contribution is -2.03. The van der Waals surface area contributed by atoms with Gasteiger partial charge in [-0.05, 0) is 36.4 Å². The highest BCUT2D eigenvalue weighted by atomic mass is 15.0. The minimum absolute atomic E-state index is 0.690. The molecule has 234 valence electrons. The highest BCUT2D eigenvalue weighted by Crippen LogP contribution is 2.42. The number of benzene rings is 7. The zero-order valence-electron chi connectivity index (χ0n) is 27.1. The smallest absolute Gasteiger partial charge is 0.159 e. The van der Waals surface area contributed by atoms with Crippen LogP contribution in [0.25, 0.3) is 88.8 Å². The second-order valence-corrected chi connectivity index (χ2v) is 12.6. The molecular weight excluding hydrogens is 609 g/mol. The van der Waals surface area contributed by atoms with Crippen LogP contribution < -0.4 is 0 Å². The van der Waals surface area contributed by atoms with Crippen LogP contribution in [-0.2, 0) is 0 Å². The molecule has 0 fully saturated rings. The maximum absolute atomic E-state index is 5.43. The molecule has 0 bridgehead atoms. The van der Waals surface area contributed by atoms with Gasteiger partial charge in [0.25, 0.3) is 0 Å². The van der Waals surface area contributed by atoms with Gasteiger partial charge in [-0.25, -0.2) is 9.97 Å². The summed E-state index contributed by atoms with van der Waals surface area (Å²) in [4.78, 5) is 10.5. The van der Waals surface area contributed by atoms with E-state index < -0.39 is 0 Å². The number of hydrogen-bond acceptors (Lipinski definition) is 2. The molecule has 0 spiro atoms. The molecule has 3 aromatic heterocycles. The van der Waals surface area contributed by atoms with Gasteiger partial charge in [-0.2, -0.15) is 0 Å². The fourth-order valence-corrected chi connectivity index (χ4v) is 7.64. The van der Waals surface area contributed by atoms with Crippen molar-refractivity contribution in [3.63, 3.8) is 0 Å². The third-order valence-electron chi connectivity index (χ3n) is 9.82. The van der Waals surface area contributed by atoms with E-state index in [9.17, 15) is 0 Å². The van der Waals surface area contributed by atoms with E-state index in [-0.39, 0.29) is 0 Å². The Hall–Kier alpha value is -6.78. The van der Waals surface area contributed by atoms with Crippen LogP contribution in [0.2, 0.25) is 0 Å². The van der Waals surface area contributed by atoms with Crippen LogP contribution in [0.3, 0.4) is 0 Å². The van der Waals surface area contributed by atoms with Gasteiger partial charge in [0.1, 0.15) is 0 Å². The van der Waals surface area contributed by atoms with Crippen molar-refractivity contribution in [2.75, 3.05) is 0 Å². The average Bonchev–Trinajstić information content (AvgIpc) is 3.71. The number of aromatic nitrogens is 4. The van der Waals surface area contributed by atoms with Crippen LogP contribution >= 0.6 is 0 Å². The van der Waals surface area contributed by atoms with E-state index in [0.29, 0.717) is 5.82 Å². The van der Waals surface area contributed by atoms with Crippen molar-refractivity contribution >= 4 is 43.6 Å². The van der Waals surface area contributed by atoms with Gasteiger partial charge in [0.05, 0.1) is 39.1 Å². The first-order valence-corrected chi connectivity index (χ1v) is 16.9. The first kappa shape index (κ1) is 28.3. The van der Waals surface area contributed by atoms with E-state index in [4.69, 9.17) is 9.97 Å². The molecule has 0 saturated heterocycles. The molecule has 0 saturated carbocycles. The largest absolute Gasteiger partial charge is 0.309 e. The molecule has 0 atom stereocenters. The molecule has 4 nitrogen and oxygen atoms in total. The van der Waals surface area contributed by atoms with Gasteiger partial charge in [0.2, 0.25) is 0 Å². The molecule has 10 aromatic rings. The summed E-state index contributed by atoms with van der Waals surface area (Å²) in [5.74, 6) is 0.690. The highest BCUT2D eigenvalue weighted by Gasteiger charge is 2.22. The summed E-state index contributed by atoms with van der Waals surface area (Å²) in [6, 6.07) is 62.1. The van der Waals surface area contributed by atoms with Gasteiger partial charge >= 0.3 is 0 Å². The predicted octanol–water partition coefficient (Wildman–Crippen LogP) is 11.7. The fourth-order valence-electron chi connectivity index (χ4n) is 7.64. The van der Waals surface area contributed by atoms with Crippen LogP contribution in [0.1, 0.15) is 0 Å². The maximum Gasteiger partial charge on any atom is 0.159 e. The van der Waals surface area contributed by atoms with Crippen molar-refractivity contribution in [3.8, 4) is 45.1 Å². The van der Waals surface area contributed by atoms with E-state index in [0.717, 1.165) is 61.4 Å². The number of rotatable bonds is 5.